The Balaban J connectivity index is 2.03. The van der Waals surface area contributed by atoms with E-state index in [1.165, 1.54) is 18.0 Å². The molecule has 3 rings (SSSR count). The molecule has 3 heterocycles. The number of nitrogens with zero attached hydrogens (tertiary/aromatic N) is 3. The first-order valence-corrected chi connectivity index (χ1v) is 8.21. The molecule has 26 heavy (non-hydrogen) atoms. The van der Waals surface area contributed by atoms with E-state index < -0.39 is 30.1 Å². The number of hydrogen-bond acceptors (Lipinski definition) is 8. The van der Waals surface area contributed by atoms with Gasteiger partial charge in [0, 0.05) is 19.6 Å². The highest BCUT2D eigenvalue weighted by Crippen LogP contribution is 2.32. The van der Waals surface area contributed by atoms with Crippen molar-refractivity contribution in [3.05, 3.63) is 16.7 Å². The number of hydrogen-bond donors (Lipinski definition) is 4. The first-order chi connectivity index (χ1) is 12.4. The summed E-state index contributed by atoms with van der Waals surface area (Å²) in [6.45, 7) is 3.55. The van der Waals surface area contributed by atoms with Crippen LogP contribution >= 0.6 is 0 Å². The Bertz CT molecular complexity index is 862. The SMILES string of the molecule is CO[C@@H]1[C@H](O)[C@@H](CN)O[C@H]1n1cnc2c(=O)[nH]c(NC(=O)C(C)C)nc21. The van der Waals surface area contributed by atoms with Crippen molar-refractivity contribution < 1.29 is 19.4 Å². The molecule has 0 spiro atoms. The van der Waals surface area contributed by atoms with E-state index in [0.717, 1.165) is 0 Å². The third-order valence-corrected chi connectivity index (χ3v) is 4.29. The van der Waals surface area contributed by atoms with Gasteiger partial charge in [-0.2, -0.15) is 4.98 Å². The van der Waals surface area contributed by atoms with Gasteiger partial charge >= 0.3 is 0 Å². The number of aliphatic hydroxyl groups is 1. The number of aromatic amines is 1. The molecule has 1 aliphatic heterocycles. The van der Waals surface area contributed by atoms with Crippen LogP contribution in [0.1, 0.15) is 20.1 Å². The number of rotatable bonds is 5. The fraction of sp³-hybridized carbons (Fsp3) is 0.600. The zero-order valence-corrected chi connectivity index (χ0v) is 14.7. The first kappa shape index (κ1) is 18.5. The smallest absolute Gasteiger partial charge is 0.280 e. The molecular formula is C15H22N6O5. The molecule has 1 amide bonds. The van der Waals surface area contributed by atoms with Gasteiger partial charge in [0.05, 0.1) is 6.33 Å². The predicted octanol–water partition coefficient (Wildman–Crippen LogP) is -1.05. The second-order valence-electron chi connectivity index (χ2n) is 6.37. The molecule has 0 radical (unpaired) electrons. The number of aliphatic hydroxyl groups excluding tert-OH is 1. The summed E-state index contributed by atoms with van der Waals surface area (Å²) in [5.41, 5.74) is 5.39. The van der Waals surface area contributed by atoms with Crippen LogP contribution in [-0.2, 0) is 14.3 Å². The lowest BCUT2D eigenvalue weighted by Crippen LogP contribution is -2.36. The van der Waals surface area contributed by atoms with E-state index in [2.05, 4.69) is 20.3 Å². The van der Waals surface area contributed by atoms with Crippen LogP contribution in [0.3, 0.4) is 0 Å². The van der Waals surface area contributed by atoms with Gasteiger partial charge in [-0.3, -0.25) is 24.5 Å². The standard InChI is InChI=1S/C15H22N6O5/c1-6(2)12(23)19-15-18-11-8(13(24)20-15)17-5-21(11)14-10(25-3)9(22)7(4-16)26-14/h5-7,9-10,14,22H,4,16H2,1-3H3,(H2,18,19,20,23,24)/t7-,9-,10-,14-/m1/s1. The number of carbonyl (C=O) groups excluding carboxylic acids is 1. The number of nitrogens with two attached hydrogens (primary N) is 1. The van der Waals surface area contributed by atoms with Crippen molar-refractivity contribution in [2.45, 2.75) is 38.4 Å². The van der Waals surface area contributed by atoms with Crippen molar-refractivity contribution in [2.24, 2.45) is 11.7 Å². The molecule has 142 valence electrons. The summed E-state index contributed by atoms with van der Waals surface area (Å²) in [6.07, 6.45) is -1.66. The van der Waals surface area contributed by atoms with Crippen LogP contribution in [0.25, 0.3) is 11.2 Å². The first-order valence-electron chi connectivity index (χ1n) is 8.21. The average Bonchev–Trinajstić information content (AvgIpc) is 3.15. The number of methoxy groups -OCH3 is 1. The molecule has 2 aromatic heterocycles. The Morgan fingerprint density at radius 3 is 2.92 bits per heavy atom. The molecular weight excluding hydrogens is 344 g/mol. The number of imidazole rings is 1. The minimum Gasteiger partial charge on any atom is -0.387 e. The van der Waals surface area contributed by atoms with Gasteiger partial charge in [0.1, 0.15) is 18.3 Å². The molecule has 4 atom stereocenters. The monoisotopic (exact) mass is 366 g/mol. The minimum atomic E-state index is -0.936. The van der Waals surface area contributed by atoms with Gasteiger partial charge in [0.25, 0.3) is 5.56 Å². The highest BCUT2D eigenvalue weighted by Gasteiger charge is 2.45. The summed E-state index contributed by atoms with van der Waals surface area (Å²) >= 11 is 0. The summed E-state index contributed by atoms with van der Waals surface area (Å²) < 4.78 is 12.6. The Kier molecular flexibility index (Phi) is 5.05. The number of amides is 1. The Morgan fingerprint density at radius 2 is 2.31 bits per heavy atom. The van der Waals surface area contributed by atoms with Gasteiger partial charge in [-0.15, -0.1) is 0 Å². The zero-order chi connectivity index (χ0) is 19.0. The van der Waals surface area contributed by atoms with Crippen molar-refractivity contribution in [1.29, 1.82) is 0 Å². The quantitative estimate of drug-likeness (QED) is 0.522. The number of H-pyrrole nitrogens is 1. The summed E-state index contributed by atoms with van der Waals surface area (Å²) in [5, 5.41) is 12.8. The van der Waals surface area contributed by atoms with E-state index in [9.17, 15) is 14.7 Å². The van der Waals surface area contributed by atoms with Gasteiger partial charge in [0.15, 0.2) is 17.4 Å². The Labute approximate surface area is 148 Å². The minimum absolute atomic E-state index is 0.00540. The van der Waals surface area contributed by atoms with Gasteiger partial charge < -0.3 is 20.3 Å². The number of nitrogens with one attached hydrogen (secondary N) is 2. The maximum Gasteiger partial charge on any atom is 0.280 e. The van der Waals surface area contributed by atoms with Gasteiger partial charge in [0.2, 0.25) is 11.9 Å². The predicted molar refractivity (Wildman–Crippen MR) is 91.4 cm³/mol. The number of carbonyl (C=O) groups is 1. The average molecular weight is 366 g/mol. The van der Waals surface area contributed by atoms with Crippen LogP contribution in [0.4, 0.5) is 5.95 Å². The van der Waals surface area contributed by atoms with Gasteiger partial charge in [-0.1, -0.05) is 13.8 Å². The molecule has 0 unspecified atom stereocenters. The van der Waals surface area contributed by atoms with Crippen molar-refractivity contribution in [2.75, 3.05) is 19.0 Å². The van der Waals surface area contributed by atoms with Crippen LogP contribution in [-0.4, -0.2) is 62.5 Å². The van der Waals surface area contributed by atoms with E-state index in [4.69, 9.17) is 15.2 Å². The maximum atomic E-state index is 12.3. The van der Waals surface area contributed by atoms with E-state index in [0.29, 0.717) is 0 Å². The van der Waals surface area contributed by atoms with E-state index >= 15 is 0 Å². The lowest BCUT2D eigenvalue weighted by Gasteiger charge is -2.20. The lowest BCUT2D eigenvalue weighted by atomic mass is 10.1. The molecule has 0 bridgehead atoms. The summed E-state index contributed by atoms with van der Waals surface area (Å²) in [6, 6.07) is 0. The topological polar surface area (TPSA) is 157 Å². The van der Waals surface area contributed by atoms with E-state index in [-0.39, 0.29) is 35.5 Å². The third-order valence-electron chi connectivity index (χ3n) is 4.29. The molecule has 0 aliphatic carbocycles. The molecule has 0 aromatic carbocycles. The van der Waals surface area contributed by atoms with Crippen LogP contribution < -0.4 is 16.6 Å². The highest BCUT2D eigenvalue weighted by molar-refractivity contribution is 5.91. The molecule has 1 fully saturated rings. The fourth-order valence-electron chi connectivity index (χ4n) is 2.82. The number of ether oxygens (including phenoxy) is 2. The molecule has 11 nitrogen and oxygen atoms in total. The second kappa shape index (κ2) is 7.11. The van der Waals surface area contributed by atoms with Crippen molar-refractivity contribution in [1.82, 2.24) is 19.5 Å². The third kappa shape index (κ3) is 3.09. The van der Waals surface area contributed by atoms with Crippen molar-refractivity contribution in [3.8, 4) is 0 Å². The molecule has 2 aromatic rings. The van der Waals surface area contributed by atoms with E-state index in [1.54, 1.807) is 13.8 Å². The second-order valence-corrected chi connectivity index (χ2v) is 6.37. The fourth-order valence-corrected chi connectivity index (χ4v) is 2.82. The van der Waals surface area contributed by atoms with Crippen molar-refractivity contribution in [3.63, 3.8) is 0 Å². The molecule has 11 heteroatoms. The largest absolute Gasteiger partial charge is 0.387 e. The lowest BCUT2D eigenvalue weighted by molar-refractivity contribution is -0.118. The Hall–Kier alpha value is -2.34. The normalized spacial score (nSPS) is 25.9. The number of fused-ring (bicyclic) bond motifs is 1. The van der Waals surface area contributed by atoms with Crippen molar-refractivity contribution >= 4 is 23.0 Å². The number of aromatic nitrogens is 4. The summed E-state index contributed by atoms with van der Waals surface area (Å²) in [5.74, 6) is -0.563. The highest BCUT2D eigenvalue weighted by atomic mass is 16.6. The van der Waals surface area contributed by atoms with Gasteiger partial charge in [-0.05, 0) is 0 Å². The van der Waals surface area contributed by atoms with Crippen LogP contribution in [0.2, 0.25) is 0 Å². The summed E-state index contributed by atoms with van der Waals surface area (Å²) in [4.78, 5) is 34.9. The van der Waals surface area contributed by atoms with Gasteiger partial charge in [-0.25, -0.2) is 4.98 Å². The molecule has 1 aliphatic rings. The summed E-state index contributed by atoms with van der Waals surface area (Å²) in [7, 11) is 1.44. The Morgan fingerprint density at radius 1 is 1.58 bits per heavy atom. The molecule has 1 saturated heterocycles. The van der Waals surface area contributed by atoms with Crippen LogP contribution in [0, 0.1) is 5.92 Å². The van der Waals surface area contributed by atoms with Crippen LogP contribution in [0.5, 0.6) is 0 Å². The number of anilines is 1. The zero-order valence-electron chi connectivity index (χ0n) is 14.7. The maximum absolute atomic E-state index is 12.3. The van der Waals surface area contributed by atoms with E-state index in [1.807, 2.05) is 0 Å². The van der Waals surface area contributed by atoms with Crippen LogP contribution in [0.15, 0.2) is 11.1 Å². The molecule has 0 saturated carbocycles. The molecule has 5 N–H and O–H groups in total.